The van der Waals surface area contributed by atoms with Crippen LogP contribution in [-0.2, 0) is 22.8 Å². The van der Waals surface area contributed by atoms with Gasteiger partial charge >= 0.3 is 0 Å². The van der Waals surface area contributed by atoms with Crippen molar-refractivity contribution in [1.29, 1.82) is 0 Å². The van der Waals surface area contributed by atoms with E-state index in [1.54, 1.807) is 24.4 Å². The van der Waals surface area contributed by atoms with Gasteiger partial charge in [-0.2, -0.15) is 0 Å². The summed E-state index contributed by atoms with van der Waals surface area (Å²) < 4.78 is 23.9. The zero-order chi connectivity index (χ0) is 15.6. The second-order valence-electron chi connectivity index (χ2n) is 5.25. The van der Waals surface area contributed by atoms with Gasteiger partial charge in [0.25, 0.3) is 5.91 Å². The first-order chi connectivity index (χ1) is 10.6. The van der Waals surface area contributed by atoms with Crippen molar-refractivity contribution in [3.63, 3.8) is 0 Å². The maximum atomic E-state index is 12.2. The van der Waals surface area contributed by atoms with Gasteiger partial charge < -0.3 is 5.32 Å². The van der Waals surface area contributed by atoms with Gasteiger partial charge in [-0.25, -0.2) is 8.42 Å². The highest BCUT2D eigenvalue weighted by Crippen LogP contribution is 2.25. The largest absolute Gasteiger partial charge is 0.346 e. The Morgan fingerprint density at radius 3 is 2.86 bits per heavy atom. The van der Waals surface area contributed by atoms with E-state index in [9.17, 15) is 13.2 Å². The van der Waals surface area contributed by atoms with Crippen molar-refractivity contribution >= 4 is 15.7 Å². The number of hydrogen-bond donors (Lipinski definition) is 1. The normalized spacial score (nSPS) is 15.8. The Kier molecular flexibility index (Phi) is 3.94. The number of carbonyl (C=O) groups is 1. The van der Waals surface area contributed by atoms with Gasteiger partial charge in [-0.1, -0.05) is 6.07 Å². The smallest absolute Gasteiger partial charge is 0.251 e. The van der Waals surface area contributed by atoms with Gasteiger partial charge in [0, 0.05) is 11.8 Å². The van der Waals surface area contributed by atoms with E-state index in [1.165, 1.54) is 0 Å². The van der Waals surface area contributed by atoms with Crippen LogP contribution in [0.1, 0.15) is 28.0 Å². The van der Waals surface area contributed by atoms with E-state index in [4.69, 9.17) is 0 Å². The number of rotatable bonds is 3. The standard InChI is InChI=1S/C16H16N2O3S/c19-16(18-11-14-5-1-2-8-17-14)13-6-7-15-12(10-13)4-3-9-22(15,20)21/h1-2,5-8,10H,3-4,9,11H2,(H,18,19). The summed E-state index contributed by atoms with van der Waals surface area (Å²) in [5.41, 5.74) is 1.99. The molecule has 1 N–H and O–H groups in total. The van der Waals surface area contributed by atoms with Crippen LogP contribution in [0.3, 0.4) is 0 Å². The second-order valence-corrected chi connectivity index (χ2v) is 7.33. The van der Waals surface area contributed by atoms with Crippen LogP contribution in [-0.4, -0.2) is 25.1 Å². The van der Waals surface area contributed by atoms with Crippen LogP contribution in [0.15, 0.2) is 47.5 Å². The summed E-state index contributed by atoms with van der Waals surface area (Å²) in [5.74, 6) is -0.0398. The van der Waals surface area contributed by atoms with Crippen molar-refractivity contribution in [2.75, 3.05) is 5.75 Å². The number of sulfone groups is 1. The molecule has 0 aliphatic carbocycles. The molecule has 22 heavy (non-hydrogen) atoms. The minimum Gasteiger partial charge on any atom is -0.346 e. The second kappa shape index (κ2) is 5.88. The quantitative estimate of drug-likeness (QED) is 0.935. The Labute approximate surface area is 129 Å². The summed E-state index contributed by atoms with van der Waals surface area (Å²) in [5, 5.41) is 2.79. The van der Waals surface area contributed by atoms with E-state index in [1.807, 2.05) is 18.2 Å². The lowest BCUT2D eigenvalue weighted by Gasteiger charge is -2.17. The highest BCUT2D eigenvalue weighted by molar-refractivity contribution is 7.91. The van der Waals surface area contributed by atoms with Crippen molar-refractivity contribution in [1.82, 2.24) is 10.3 Å². The van der Waals surface area contributed by atoms with Crippen LogP contribution < -0.4 is 5.32 Å². The molecule has 0 saturated carbocycles. The molecular weight excluding hydrogens is 300 g/mol. The first kappa shape index (κ1) is 14.7. The van der Waals surface area contributed by atoms with Gasteiger partial charge in [0.1, 0.15) is 0 Å². The molecule has 5 nitrogen and oxygen atoms in total. The minimum atomic E-state index is -3.18. The fraction of sp³-hybridized carbons (Fsp3) is 0.250. The Morgan fingerprint density at radius 2 is 2.09 bits per heavy atom. The molecular formula is C16H16N2O3S. The van der Waals surface area contributed by atoms with Gasteiger partial charge in [0.05, 0.1) is 22.9 Å². The minimum absolute atomic E-state index is 0.186. The molecule has 2 aromatic rings. The van der Waals surface area contributed by atoms with Crippen LogP contribution in [0.25, 0.3) is 0 Å². The summed E-state index contributed by atoms with van der Waals surface area (Å²) in [6.07, 6.45) is 2.97. The van der Waals surface area contributed by atoms with Gasteiger partial charge in [0.2, 0.25) is 0 Å². The lowest BCUT2D eigenvalue weighted by Crippen LogP contribution is -2.24. The molecule has 1 aliphatic rings. The van der Waals surface area contributed by atoms with E-state index < -0.39 is 9.84 Å². The van der Waals surface area contributed by atoms with Crippen LogP contribution in [0.4, 0.5) is 0 Å². The van der Waals surface area contributed by atoms with Crippen molar-refractivity contribution in [2.24, 2.45) is 0 Å². The fourth-order valence-electron chi connectivity index (χ4n) is 2.56. The maximum absolute atomic E-state index is 12.2. The van der Waals surface area contributed by atoms with Crippen LogP contribution in [0.2, 0.25) is 0 Å². The number of amides is 1. The molecule has 114 valence electrons. The molecule has 0 unspecified atom stereocenters. The highest BCUT2D eigenvalue weighted by atomic mass is 32.2. The molecule has 1 amide bonds. The molecule has 1 aromatic heterocycles. The van der Waals surface area contributed by atoms with Crippen LogP contribution >= 0.6 is 0 Å². The molecule has 3 rings (SSSR count). The third kappa shape index (κ3) is 3.01. The molecule has 0 saturated heterocycles. The number of aromatic nitrogens is 1. The number of pyridine rings is 1. The van der Waals surface area contributed by atoms with Crippen molar-refractivity contribution < 1.29 is 13.2 Å². The first-order valence-electron chi connectivity index (χ1n) is 7.10. The van der Waals surface area contributed by atoms with E-state index in [-0.39, 0.29) is 11.7 Å². The maximum Gasteiger partial charge on any atom is 0.251 e. The number of aryl methyl sites for hydroxylation is 1. The number of nitrogens with zero attached hydrogens (tertiary/aromatic N) is 1. The van der Waals surface area contributed by atoms with Crippen molar-refractivity contribution in [3.05, 3.63) is 59.4 Å². The predicted molar refractivity (Wildman–Crippen MR) is 82.2 cm³/mol. The van der Waals surface area contributed by atoms with Crippen LogP contribution in [0.5, 0.6) is 0 Å². The zero-order valence-electron chi connectivity index (χ0n) is 12.0. The molecule has 6 heteroatoms. The van der Waals surface area contributed by atoms with Gasteiger partial charge in [-0.15, -0.1) is 0 Å². The van der Waals surface area contributed by atoms with E-state index in [0.717, 1.165) is 11.3 Å². The van der Waals surface area contributed by atoms with Crippen molar-refractivity contribution in [2.45, 2.75) is 24.3 Å². The topological polar surface area (TPSA) is 76.1 Å². The number of nitrogens with one attached hydrogen (secondary N) is 1. The summed E-state index contributed by atoms with van der Waals surface area (Å²) in [6.45, 7) is 0.342. The summed E-state index contributed by atoms with van der Waals surface area (Å²) >= 11 is 0. The fourth-order valence-corrected chi connectivity index (χ4v) is 4.14. The molecule has 0 fully saturated rings. The molecule has 1 aromatic carbocycles. The average molecular weight is 316 g/mol. The first-order valence-corrected chi connectivity index (χ1v) is 8.75. The molecule has 0 bridgehead atoms. The Hall–Kier alpha value is -2.21. The third-order valence-corrected chi connectivity index (χ3v) is 5.57. The average Bonchev–Trinajstić information content (AvgIpc) is 2.53. The highest BCUT2D eigenvalue weighted by Gasteiger charge is 2.24. The predicted octanol–water partition coefficient (Wildman–Crippen LogP) is 1.73. The van der Waals surface area contributed by atoms with E-state index in [0.29, 0.717) is 29.8 Å². The summed E-state index contributed by atoms with van der Waals surface area (Å²) in [7, 11) is -3.18. The number of hydrogen-bond acceptors (Lipinski definition) is 4. The number of benzene rings is 1. The van der Waals surface area contributed by atoms with E-state index in [2.05, 4.69) is 10.3 Å². The molecule has 2 heterocycles. The molecule has 0 atom stereocenters. The number of fused-ring (bicyclic) bond motifs is 1. The third-order valence-electron chi connectivity index (χ3n) is 3.67. The monoisotopic (exact) mass is 316 g/mol. The van der Waals surface area contributed by atoms with Gasteiger partial charge in [-0.3, -0.25) is 9.78 Å². The Bertz CT molecular complexity index is 801. The van der Waals surface area contributed by atoms with Crippen molar-refractivity contribution in [3.8, 4) is 0 Å². The van der Waals surface area contributed by atoms with Gasteiger partial charge in [-0.05, 0) is 48.7 Å². The summed E-state index contributed by atoms with van der Waals surface area (Å²) in [4.78, 5) is 16.7. The molecule has 0 radical (unpaired) electrons. The Morgan fingerprint density at radius 1 is 1.23 bits per heavy atom. The van der Waals surface area contributed by atoms with Gasteiger partial charge in [0.15, 0.2) is 9.84 Å². The van der Waals surface area contributed by atoms with E-state index >= 15 is 0 Å². The molecule has 1 aliphatic heterocycles. The number of carbonyl (C=O) groups excluding carboxylic acids is 1. The lowest BCUT2D eigenvalue weighted by atomic mass is 10.1. The Balaban J connectivity index is 1.77. The van der Waals surface area contributed by atoms with Crippen LogP contribution in [0, 0.1) is 0 Å². The lowest BCUT2D eigenvalue weighted by molar-refractivity contribution is 0.0950. The SMILES string of the molecule is O=C(NCc1ccccn1)c1ccc2c(c1)CCCS2(=O)=O. The zero-order valence-corrected chi connectivity index (χ0v) is 12.8. The summed E-state index contributed by atoms with van der Waals surface area (Å²) in [6, 6.07) is 10.3. The molecule has 0 spiro atoms.